The lowest BCUT2D eigenvalue weighted by molar-refractivity contribution is 0.206. The number of hydrogen-bond donors (Lipinski definition) is 1. The third-order valence-corrected chi connectivity index (χ3v) is 3.75. The van der Waals surface area contributed by atoms with Gasteiger partial charge in [0.2, 0.25) is 0 Å². The average Bonchev–Trinajstić information content (AvgIpc) is 2.94. The lowest BCUT2D eigenvalue weighted by Crippen LogP contribution is -2.33. The SMILES string of the molecule is COc1ccc(CO)cc1CN1CCn2ccnc2C1. The highest BCUT2D eigenvalue weighted by Crippen LogP contribution is 2.23. The summed E-state index contributed by atoms with van der Waals surface area (Å²) < 4.78 is 7.60. The molecule has 0 spiro atoms. The zero-order valence-electron chi connectivity index (χ0n) is 11.6. The molecule has 0 radical (unpaired) electrons. The van der Waals surface area contributed by atoms with Crippen LogP contribution in [0.15, 0.2) is 30.6 Å². The first kappa shape index (κ1) is 13.1. The topological polar surface area (TPSA) is 50.5 Å². The maximum Gasteiger partial charge on any atom is 0.123 e. The molecule has 2 heterocycles. The molecule has 0 saturated carbocycles. The molecular weight excluding hydrogens is 254 g/mol. The molecule has 1 aliphatic rings. The molecule has 1 aliphatic heterocycles. The number of aliphatic hydroxyl groups is 1. The molecule has 5 heteroatoms. The molecule has 2 aromatic rings. The van der Waals surface area contributed by atoms with Crippen molar-refractivity contribution in [3.63, 3.8) is 0 Å². The Morgan fingerprint density at radius 1 is 1.35 bits per heavy atom. The van der Waals surface area contributed by atoms with Crippen LogP contribution in [0.5, 0.6) is 5.75 Å². The van der Waals surface area contributed by atoms with Gasteiger partial charge in [-0.2, -0.15) is 0 Å². The zero-order valence-corrected chi connectivity index (χ0v) is 11.6. The van der Waals surface area contributed by atoms with Crippen LogP contribution in [-0.2, 0) is 26.2 Å². The number of nitrogens with zero attached hydrogens (tertiary/aromatic N) is 3. The van der Waals surface area contributed by atoms with Crippen LogP contribution in [0.1, 0.15) is 17.0 Å². The van der Waals surface area contributed by atoms with Crippen LogP contribution in [0.4, 0.5) is 0 Å². The van der Waals surface area contributed by atoms with Crippen molar-refractivity contribution in [1.82, 2.24) is 14.5 Å². The van der Waals surface area contributed by atoms with Crippen molar-refractivity contribution in [2.24, 2.45) is 0 Å². The summed E-state index contributed by atoms with van der Waals surface area (Å²) in [5.41, 5.74) is 2.03. The summed E-state index contributed by atoms with van der Waals surface area (Å²) in [7, 11) is 1.68. The molecular formula is C15H19N3O2. The monoisotopic (exact) mass is 273 g/mol. The second kappa shape index (κ2) is 5.64. The second-order valence-electron chi connectivity index (χ2n) is 5.05. The quantitative estimate of drug-likeness (QED) is 0.915. The molecule has 0 fully saturated rings. The Balaban J connectivity index is 1.78. The molecule has 0 bridgehead atoms. The number of ether oxygens (including phenoxy) is 1. The summed E-state index contributed by atoms with van der Waals surface area (Å²) in [6.07, 6.45) is 3.88. The van der Waals surface area contributed by atoms with Crippen molar-refractivity contribution in [2.45, 2.75) is 26.2 Å². The van der Waals surface area contributed by atoms with Gasteiger partial charge in [0.25, 0.3) is 0 Å². The summed E-state index contributed by atoms with van der Waals surface area (Å²) in [6.45, 7) is 3.68. The Hall–Kier alpha value is -1.85. The van der Waals surface area contributed by atoms with E-state index in [0.29, 0.717) is 0 Å². The number of aromatic nitrogens is 2. The average molecular weight is 273 g/mol. The Bertz CT molecular complexity index is 595. The smallest absolute Gasteiger partial charge is 0.123 e. The van der Waals surface area contributed by atoms with E-state index in [1.165, 1.54) is 0 Å². The lowest BCUT2D eigenvalue weighted by Gasteiger charge is -2.28. The van der Waals surface area contributed by atoms with Gasteiger partial charge >= 0.3 is 0 Å². The standard InChI is InChI=1S/C15H19N3O2/c1-20-14-3-2-12(11-19)8-13(14)9-17-6-7-18-5-4-16-15(18)10-17/h2-5,8,19H,6-7,9-11H2,1H3. The van der Waals surface area contributed by atoms with Gasteiger partial charge < -0.3 is 14.4 Å². The van der Waals surface area contributed by atoms with Gasteiger partial charge in [-0.25, -0.2) is 4.98 Å². The van der Waals surface area contributed by atoms with Crippen LogP contribution in [0, 0.1) is 0 Å². The highest BCUT2D eigenvalue weighted by atomic mass is 16.5. The molecule has 3 rings (SSSR count). The van der Waals surface area contributed by atoms with E-state index in [4.69, 9.17) is 4.74 Å². The summed E-state index contributed by atoms with van der Waals surface area (Å²) in [6, 6.07) is 5.83. The number of methoxy groups -OCH3 is 1. The molecule has 0 atom stereocenters. The normalized spacial score (nSPS) is 15.1. The van der Waals surface area contributed by atoms with Gasteiger partial charge in [-0.05, 0) is 17.7 Å². The fraction of sp³-hybridized carbons (Fsp3) is 0.400. The van der Waals surface area contributed by atoms with E-state index in [0.717, 1.165) is 48.9 Å². The first-order valence-electron chi connectivity index (χ1n) is 6.79. The Morgan fingerprint density at radius 2 is 2.25 bits per heavy atom. The van der Waals surface area contributed by atoms with E-state index in [1.54, 1.807) is 7.11 Å². The van der Waals surface area contributed by atoms with Crippen LogP contribution in [0.2, 0.25) is 0 Å². The Kier molecular flexibility index (Phi) is 3.71. The Morgan fingerprint density at radius 3 is 3.05 bits per heavy atom. The zero-order chi connectivity index (χ0) is 13.9. The molecule has 5 nitrogen and oxygen atoms in total. The van der Waals surface area contributed by atoms with Crippen molar-refractivity contribution in [3.8, 4) is 5.75 Å². The van der Waals surface area contributed by atoms with Crippen molar-refractivity contribution in [2.75, 3.05) is 13.7 Å². The number of hydrogen-bond acceptors (Lipinski definition) is 4. The summed E-state index contributed by atoms with van der Waals surface area (Å²) in [5, 5.41) is 9.27. The molecule has 1 N–H and O–H groups in total. The highest BCUT2D eigenvalue weighted by molar-refractivity contribution is 5.37. The van der Waals surface area contributed by atoms with Gasteiger partial charge in [-0.1, -0.05) is 6.07 Å². The number of aliphatic hydroxyl groups excluding tert-OH is 1. The first-order valence-corrected chi connectivity index (χ1v) is 6.79. The maximum absolute atomic E-state index is 9.27. The van der Waals surface area contributed by atoms with Gasteiger partial charge in [-0.3, -0.25) is 4.90 Å². The van der Waals surface area contributed by atoms with Gasteiger partial charge in [-0.15, -0.1) is 0 Å². The largest absolute Gasteiger partial charge is 0.496 e. The van der Waals surface area contributed by atoms with Crippen molar-refractivity contribution < 1.29 is 9.84 Å². The molecule has 0 aliphatic carbocycles. The molecule has 1 aromatic heterocycles. The highest BCUT2D eigenvalue weighted by Gasteiger charge is 2.18. The third kappa shape index (κ3) is 2.55. The summed E-state index contributed by atoms with van der Waals surface area (Å²) in [4.78, 5) is 6.72. The number of benzene rings is 1. The van der Waals surface area contributed by atoms with Crippen LogP contribution in [-0.4, -0.2) is 33.2 Å². The van der Waals surface area contributed by atoms with Crippen LogP contribution in [0.25, 0.3) is 0 Å². The number of imidazole rings is 1. The molecule has 106 valence electrons. The predicted octanol–water partition coefficient (Wildman–Crippen LogP) is 1.40. The molecule has 20 heavy (non-hydrogen) atoms. The minimum Gasteiger partial charge on any atom is -0.496 e. The molecule has 1 aromatic carbocycles. The van der Waals surface area contributed by atoms with E-state index < -0.39 is 0 Å². The fourth-order valence-corrected chi connectivity index (χ4v) is 2.65. The Labute approximate surface area is 118 Å². The van der Waals surface area contributed by atoms with Crippen LogP contribution in [0.3, 0.4) is 0 Å². The minimum absolute atomic E-state index is 0.0569. The van der Waals surface area contributed by atoms with E-state index in [1.807, 2.05) is 30.6 Å². The maximum atomic E-state index is 9.27. The van der Waals surface area contributed by atoms with Crippen molar-refractivity contribution in [1.29, 1.82) is 0 Å². The molecule has 0 amide bonds. The first-order chi connectivity index (χ1) is 9.80. The van der Waals surface area contributed by atoms with Gasteiger partial charge in [0.1, 0.15) is 11.6 Å². The lowest BCUT2D eigenvalue weighted by atomic mass is 10.1. The van der Waals surface area contributed by atoms with Gasteiger partial charge in [0, 0.05) is 37.6 Å². The van der Waals surface area contributed by atoms with Crippen LogP contribution >= 0.6 is 0 Å². The number of fused-ring (bicyclic) bond motifs is 1. The third-order valence-electron chi connectivity index (χ3n) is 3.75. The molecule has 0 saturated heterocycles. The van der Waals surface area contributed by atoms with E-state index in [9.17, 15) is 5.11 Å². The predicted molar refractivity (Wildman–Crippen MR) is 75.3 cm³/mol. The summed E-state index contributed by atoms with van der Waals surface area (Å²) >= 11 is 0. The van der Waals surface area contributed by atoms with Crippen molar-refractivity contribution >= 4 is 0 Å². The van der Waals surface area contributed by atoms with Gasteiger partial charge in [0.05, 0.1) is 20.3 Å². The molecule has 0 unspecified atom stereocenters. The minimum atomic E-state index is 0.0569. The fourth-order valence-electron chi connectivity index (χ4n) is 2.65. The van der Waals surface area contributed by atoms with Crippen LogP contribution < -0.4 is 4.74 Å². The van der Waals surface area contributed by atoms with E-state index in [2.05, 4.69) is 14.5 Å². The van der Waals surface area contributed by atoms with Gasteiger partial charge in [0.15, 0.2) is 0 Å². The van der Waals surface area contributed by atoms with E-state index in [-0.39, 0.29) is 6.61 Å². The van der Waals surface area contributed by atoms with Crippen molar-refractivity contribution in [3.05, 3.63) is 47.5 Å². The summed E-state index contributed by atoms with van der Waals surface area (Å²) in [5.74, 6) is 1.98. The van der Waals surface area contributed by atoms with E-state index >= 15 is 0 Å². The number of rotatable bonds is 4. The second-order valence-corrected chi connectivity index (χ2v) is 5.05.